The topological polar surface area (TPSA) is 83.5 Å². The van der Waals surface area contributed by atoms with Crippen molar-refractivity contribution in [2.75, 3.05) is 31.1 Å². The molecule has 2 fully saturated rings. The zero-order chi connectivity index (χ0) is 20.0. The smallest absolute Gasteiger partial charge is 0.317 e. The van der Waals surface area contributed by atoms with Crippen molar-refractivity contribution in [3.63, 3.8) is 0 Å². The predicted molar refractivity (Wildman–Crippen MR) is 112 cm³/mol. The lowest BCUT2D eigenvalue weighted by molar-refractivity contribution is 0.0439. The number of ether oxygens (including phenoxy) is 1. The van der Waals surface area contributed by atoms with E-state index in [0.717, 1.165) is 27.3 Å². The maximum absolute atomic E-state index is 12.4. The fourth-order valence-corrected chi connectivity index (χ4v) is 4.47. The van der Waals surface area contributed by atoms with Crippen molar-refractivity contribution in [1.82, 2.24) is 25.2 Å². The zero-order valence-corrected chi connectivity index (χ0v) is 17.3. The van der Waals surface area contributed by atoms with Gasteiger partial charge in [0.1, 0.15) is 23.2 Å². The van der Waals surface area contributed by atoms with Crippen LogP contribution in [-0.2, 0) is 0 Å². The molecule has 0 unspecified atom stereocenters. The largest absolute Gasteiger partial charge is 0.484 e. The highest BCUT2D eigenvalue weighted by Gasteiger charge is 2.36. The van der Waals surface area contributed by atoms with E-state index in [1.807, 2.05) is 24.6 Å². The lowest BCUT2D eigenvalue weighted by Crippen LogP contribution is -2.65. The van der Waals surface area contributed by atoms with Crippen molar-refractivity contribution in [2.45, 2.75) is 19.1 Å². The Kier molecular flexibility index (Phi) is 4.63. The van der Waals surface area contributed by atoms with E-state index in [-0.39, 0.29) is 23.5 Å². The number of thiazole rings is 1. The maximum Gasteiger partial charge on any atom is 0.317 e. The normalized spacial score (nSPS) is 17.2. The van der Waals surface area contributed by atoms with Gasteiger partial charge in [0.05, 0.1) is 29.3 Å². The second-order valence-corrected chi connectivity index (χ2v) is 8.57. The molecule has 2 aliphatic rings. The number of rotatable bonds is 4. The molecular weight excluding hydrogens is 412 g/mol. The molecule has 1 aromatic carbocycles. The van der Waals surface area contributed by atoms with Crippen LogP contribution in [0.3, 0.4) is 0 Å². The molecule has 3 aromatic rings. The van der Waals surface area contributed by atoms with E-state index in [1.165, 1.54) is 0 Å². The van der Waals surface area contributed by atoms with Crippen LogP contribution >= 0.6 is 22.9 Å². The van der Waals surface area contributed by atoms with E-state index in [9.17, 15) is 4.79 Å². The number of nitrogens with one attached hydrogen (secondary N) is 1. The average Bonchev–Trinajstić information content (AvgIpc) is 3.08. The number of aryl methyl sites for hydroxylation is 1. The van der Waals surface area contributed by atoms with Gasteiger partial charge in [-0.2, -0.15) is 0 Å². The van der Waals surface area contributed by atoms with Gasteiger partial charge < -0.3 is 19.9 Å². The number of aromatic nitrogens is 3. The number of fused-ring (bicyclic) bond motifs is 1. The van der Waals surface area contributed by atoms with Crippen LogP contribution < -0.4 is 15.0 Å². The quantitative estimate of drug-likeness (QED) is 0.641. The summed E-state index contributed by atoms with van der Waals surface area (Å²) >= 11 is 7.43. The molecule has 2 aliphatic heterocycles. The van der Waals surface area contributed by atoms with Crippen LogP contribution in [0.4, 0.5) is 10.6 Å². The summed E-state index contributed by atoms with van der Waals surface area (Å²) in [6.07, 6.45) is 1.62. The Labute approximate surface area is 176 Å². The number of amides is 2. The summed E-state index contributed by atoms with van der Waals surface area (Å²) in [4.78, 5) is 28.7. The van der Waals surface area contributed by atoms with E-state index in [4.69, 9.17) is 16.3 Å². The lowest BCUT2D eigenvalue weighted by atomic mass is 10.1. The number of anilines is 1. The van der Waals surface area contributed by atoms with E-state index >= 15 is 0 Å². The summed E-state index contributed by atoms with van der Waals surface area (Å²) in [6.45, 7) is 4.60. The third-order valence-electron chi connectivity index (χ3n) is 5.12. The van der Waals surface area contributed by atoms with Crippen LogP contribution in [-0.4, -0.2) is 64.2 Å². The van der Waals surface area contributed by atoms with Gasteiger partial charge in [-0.3, -0.25) is 0 Å². The Hall–Kier alpha value is -2.65. The highest BCUT2D eigenvalue weighted by Crippen LogP contribution is 2.31. The Bertz CT molecular complexity index is 1060. The second-order valence-electron chi connectivity index (χ2n) is 7.34. The number of benzene rings is 1. The summed E-state index contributed by atoms with van der Waals surface area (Å²) < 4.78 is 7.22. The third kappa shape index (κ3) is 3.67. The fraction of sp³-hybridized carbons (Fsp3) is 0.368. The fourth-order valence-electron chi connectivity index (χ4n) is 3.54. The summed E-state index contributed by atoms with van der Waals surface area (Å²) in [7, 11) is 0. The standard InChI is InChI=1S/C19H19ClN6O2S/c1-11-4-14(17-15(5-11)29-10-22-17)28-13-8-26(9-13)19(27)23-12-6-25(7-12)16-2-3-21-18(20)24-16/h2-5,10,12-13H,6-9H2,1H3,(H,23,27). The first kappa shape index (κ1) is 18.4. The molecular formula is C19H19ClN6O2S. The minimum absolute atomic E-state index is 0.00602. The van der Waals surface area contributed by atoms with Crippen LogP contribution in [0.15, 0.2) is 29.9 Å². The third-order valence-corrected chi connectivity index (χ3v) is 6.08. The molecule has 0 spiro atoms. The molecule has 2 amide bonds. The summed E-state index contributed by atoms with van der Waals surface area (Å²) in [5, 5.41) is 3.28. The molecule has 29 heavy (non-hydrogen) atoms. The first-order valence-electron chi connectivity index (χ1n) is 9.34. The molecule has 150 valence electrons. The monoisotopic (exact) mass is 430 g/mol. The number of carbonyl (C=O) groups excluding carboxylic acids is 1. The van der Waals surface area contributed by atoms with Crippen molar-refractivity contribution in [2.24, 2.45) is 0 Å². The van der Waals surface area contributed by atoms with Crippen LogP contribution in [0.1, 0.15) is 5.56 Å². The number of nitrogens with zero attached hydrogens (tertiary/aromatic N) is 5. The van der Waals surface area contributed by atoms with Crippen molar-refractivity contribution >= 4 is 45.0 Å². The van der Waals surface area contributed by atoms with Gasteiger partial charge in [-0.25, -0.2) is 19.7 Å². The molecule has 0 radical (unpaired) electrons. The van der Waals surface area contributed by atoms with Gasteiger partial charge in [0.25, 0.3) is 0 Å². The Morgan fingerprint density at radius 1 is 1.28 bits per heavy atom. The minimum atomic E-state index is -0.0572. The van der Waals surface area contributed by atoms with Gasteiger partial charge >= 0.3 is 6.03 Å². The van der Waals surface area contributed by atoms with Gasteiger partial charge in [0.2, 0.25) is 5.28 Å². The number of halogens is 1. The Balaban J connectivity index is 1.10. The number of urea groups is 1. The molecule has 1 N–H and O–H groups in total. The second kappa shape index (κ2) is 7.31. The van der Waals surface area contributed by atoms with Crippen LogP contribution in [0.5, 0.6) is 5.75 Å². The lowest BCUT2D eigenvalue weighted by Gasteiger charge is -2.43. The molecule has 5 rings (SSSR count). The molecule has 8 nitrogen and oxygen atoms in total. The minimum Gasteiger partial charge on any atom is -0.484 e. The van der Waals surface area contributed by atoms with Crippen molar-refractivity contribution in [1.29, 1.82) is 0 Å². The molecule has 0 saturated carbocycles. The Morgan fingerprint density at radius 2 is 2.10 bits per heavy atom. The molecule has 0 atom stereocenters. The zero-order valence-electron chi connectivity index (χ0n) is 15.7. The van der Waals surface area contributed by atoms with Gasteiger partial charge in [-0.1, -0.05) is 0 Å². The van der Waals surface area contributed by atoms with Gasteiger partial charge in [0.15, 0.2) is 0 Å². The summed E-state index contributed by atoms with van der Waals surface area (Å²) in [6, 6.07) is 5.97. The van der Waals surface area contributed by atoms with Crippen LogP contribution in [0, 0.1) is 6.92 Å². The molecule has 10 heteroatoms. The first-order valence-corrected chi connectivity index (χ1v) is 10.6. The van der Waals surface area contributed by atoms with Crippen LogP contribution in [0.25, 0.3) is 10.2 Å². The van der Waals surface area contributed by atoms with Gasteiger partial charge in [-0.05, 0) is 42.3 Å². The van der Waals surface area contributed by atoms with E-state index in [1.54, 1.807) is 22.4 Å². The number of hydrogen-bond acceptors (Lipinski definition) is 7. The number of hydrogen-bond donors (Lipinski definition) is 1. The van der Waals surface area contributed by atoms with Gasteiger partial charge in [0, 0.05) is 19.3 Å². The summed E-state index contributed by atoms with van der Waals surface area (Å²) in [5.41, 5.74) is 3.86. The molecule has 0 aliphatic carbocycles. The van der Waals surface area contributed by atoms with E-state index in [0.29, 0.717) is 26.2 Å². The molecule has 2 aromatic heterocycles. The predicted octanol–water partition coefficient (Wildman–Crippen LogP) is 2.71. The van der Waals surface area contributed by atoms with E-state index in [2.05, 4.69) is 31.2 Å². The Morgan fingerprint density at radius 3 is 2.90 bits per heavy atom. The summed E-state index contributed by atoms with van der Waals surface area (Å²) in [5.74, 6) is 1.57. The molecule has 2 saturated heterocycles. The number of likely N-dealkylation sites (tertiary alicyclic amines) is 1. The van der Waals surface area contributed by atoms with E-state index < -0.39 is 0 Å². The van der Waals surface area contributed by atoms with Gasteiger partial charge in [-0.15, -0.1) is 11.3 Å². The SMILES string of the molecule is Cc1cc(OC2CN(C(=O)NC3CN(c4ccnc(Cl)n4)C3)C2)c2ncsc2c1. The highest BCUT2D eigenvalue weighted by atomic mass is 35.5. The number of carbonyl (C=O) groups is 1. The van der Waals surface area contributed by atoms with Crippen molar-refractivity contribution in [3.05, 3.63) is 40.8 Å². The molecule has 0 bridgehead atoms. The van der Waals surface area contributed by atoms with Crippen molar-refractivity contribution in [3.8, 4) is 5.75 Å². The van der Waals surface area contributed by atoms with Crippen molar-refractivity contribution < 1.29 is 9.53 Å². The highest BCUT2D eigenvalue weighted by molar-refractivity contribution is 7.16. The molecule has 4 heterocycles. The van der Waals surface area contributed by atoms with Crippen LogP contribution in [0.2, 0.25) is 5.28 Å². The average molecular weight is 431 g/mol. The maximum atomic E-state index is 12.4. The first-order chi connectivity index (χ1) is 14.0.